The third-order valence-corrected chi connectivity index (χ3v) is 3.83. The monoisotopic (exact) mass is 317 g/mol. The van der Waals surface area contributed by atoms with E-state index < -0.39 is 18.1 Å². The Morgan fingerprint density at radius 3 is 2.65 bits per heavy atom. The zero-order valence-corrected chi connectivity index (χ0v) is 11.9. The van der Waals surface area contributed by atoms with Crippen molar-refractivity contribution in [2.75, 3.05) is 6.54 Å². The van der Waals surface area contributed by atoms with Crippen molar-refractivity contribution < 1.29 is 19.8 Å². The van der Waals surface area contributed by atoms with E-state index in [1.807, 2.05) is 0 Å². The van der Waals surface area contributed by atoms with E-state index >= 15 is 0 Å². The molecule has 1 heterocycles. The molecule has 7 heteroatoms. The van der Waals surface area contributed by atoms with Crippen LogP contribution in [-0.2, 0) is 16.0 Å². The molecule has 0 aromatic heterocycles. The highest BCUT2D eigenvalue weighted by molar-refractivity contribution is 6.35. The van der Waals surface area contributed by atoms with Crippen LogP contribution in [0.15, 0.2) is 18.2 Å². The smallest absolute Gasteiger partial charge is 0.326 e. The van der Waals surface area contributed by atoms with Crippen LogP contribution in [0.25, 0.3) is 0 Å². The molecule has 0 aliphatic carbocycles. The minimum absolute atomic E-state index is 0.0213. The van der Waals surface area contributed by atoms with Gasteiger partial charge in [0.15, 0.2) is 0 Å². The zero-order chi connectivity index (χ0) is 14.9. The van der Waals surface area contributed by atoms with Gasteiger partial charge in [0.25, 0.3) is 0 Å². The summed E-state index contributed by atoms with van der Waals surface area (Å²) in [6.07, 6.45) is -0.775. The first kappa shape index (κ1) is 15.1. The summed E-state index contributed by atoms with van der Waals surface area (Å²) in [5, 5.41) is 19.4. The summed E-state index contributed by atoms with van der Waals surface area (Å²) in [5.74, 6) is -1.49. The van der Waals surface area contributed by atoms with E-state index in [0.717, 1.165) is 0 Å². The van der Waals surface area contributed by atoms with E-state index in [4.69, 9.17) is 28.3 Å². The number of likely N-dealkylation sites (tertiary alicyclic amines) is 1. The van der Waals surface area contributed by atoms with Crippen LogP contribution < -0.4 is 0 Å². The molecule has 1 aromatic carbocycles. The number of aliphatic carboxylic acids is 1. The predicted octanol–water partition coefficient (Wildman–Crippen LogP) is 1.58. The number of amides is 1. The molecule has 0 bridgehead atoms. The first-order valence-corrected chi connectivity index (χ1v) is 6.78. The Labute approximate surface area is 125 Å². The Balaban J connectivity index is 2.13. The summed E-state index contributed by atoms with van der Waals surface area (Å²) in [7, 11) is 0. The molecule has 108 valence electrons. The molecule has 1 aliphatic heterocycles. The normalized spacial score (nSPS) is 22.1. The second-order valence-corrected chi connectivity index (χ2v) is 5.55. The van der Waals surface area contributed by atoms with Crippen molar-refractivity contribution in [1.82, 2.24) is 4.90 Å². The average molecular weight is 318 g/mol. The molecule has 5 nitrogen and oxygen atoms in total. The number of β-amino-alcohol motifs (C(OH)–C–C–N with tert-alkyl or cyclic N) is 1. The molecule has 1 fully saturated rings. The number of halogens is 2. The number of rotatable bonds is 3. The van der Waals surface area contributed by atoms with Gasteiger partial charge in [-0.15, -0.1) is 0 Å². The molecule has 2 rings (SSSR count). The Morgan fingerprint density at radius 2 is 2.05 bits per heavy atom. The molecule has 2 N–H and O–H groups in total. The van der Waals surface area contributed by atoms with Crippen LogP contribution in [0, 0.1) is 0 Å². The standard InChI is InChI=1S/C13H13Cl2NO4/c14-8-2-1-7(10(15)4-8)3-12(18)16-6-9(17)5-11(16)13(19)20/h1-2,4,9,11,17H,3,5-6H2,(H,19,20)/t9-,11-/m0/s1. The Bertz CT molecular complexity index is 549. The number of nitrogens with zero attached hydrogens (tertiary/aromatic N) is 1. The Hall–Kier alpha value is -1.30. The minimum atomic E-state index is -1.11. The summed E-state index contributed by atoms with van der Waals surface area (Å²) < 4.78 is 0. The van der Waals surface area contributed by atoms with Crippen molar-refractivity contribution >= 4 is 35.1 Å². The van der Waals surface area contributed by atoms with Crippen molar-refractivity contribution in [3.05, 3.63) is 33.8 Å². The number of carboxylic acids is 1. The summed E-state index contributed by atoms with van der Waals surface area (Å²) >= 11 is 11.8. The summed E-state index contributed by atoms with van der Waals surface area (Å²) in [6, 6.07) is 3.79. The van der Waals surface area contributed by atoms with Gasteiger partial charge in [-0.05, 0) is 17.7 Å². The molecule has 2 atom stereocenters. The average Bonchev–Trinajstić information content (AvgIpc) is 2.75. The van der Waals surface area contributed by atoms with Gasteiger partial charge >= 0.3 is 5.97 Å². The largest absolute Gasteiger partial charge is 0.480 e. The van der Waals surface area contributed by atoms with Gasteiger partial charge in [0.2, 0.25) is 5.91 Å². The van der Waals surface area contributed by atoms with E-state index in [2.05, 4.69) is 0 Å². The van der Waals surface area contributed by atoms with Gasteiger partial charge in [-0.25, -0.2) is 4.79 Å². The Morgan fingerprint density at radius 1 is 1.35 bits per heavy atom. The van der Waals surface area contributed by atoms with Crippen LogP contribution >= 0.6 is 23.2 Å². The van der Waals surface area contributed by atoms with Gasteiger partial charge in [0.1, 0.15) is 6.04 Å². The first-order chi connectivity index (χ1) is 9.38. The van der Waals surface area contributed by atoms with Gasteiger partial charge in [0, 0.05) is 23.0 Å². The number of benzene rings is 1. The van der Waals surface area contributed by atoms with Crippen LogP contribution in [0.5, 0.6) is 0 Å². The lowest BCUT2D eigenvalue weighted by molar-refractivity contribution is -0.148. The lowest BCUT2D eigenvalue weighted by Gasteiger charge is -2.21. The number of carboxylic acid groups (broad SMARTS) is 1. The molecule has 0 radical (unpaired) electrons. The van der Waals surface area contributed by atoms with E-state index in [1.54, 1.807) is 12.1 Å². The van der Waals surface area contributed by atoms with E-state index in [-0.39, 0.29) is 25.3 Å². The quantitative estimate of drug-likeness (QED) is 0.887. The maximum Gasteiger partial charge on any atom is 0.326 e. The second-order valence-electron chi connectivity index (χ2n) is 4.70. The molecule has 1 saturated heterocycles. The van der Waals surface area contributed by atoms with Gasteiger partial charge < -0.3 is 15.1 Å². The molecule has 0 saturated carbocycles. The number of carbonyl (C=O) groups is 2. The van der Waals surface area contributed by atoms with Crippen molar-refractivity contribution in [2.24, 2.45) is 0 Å². The number of aliphatic hydroxyl groups excluding tert-OH is 1. The van der Waals surface area contributed by atoms with Crippen LogP contribution in [-0.4, -0.2) is 45.7 Å². The first-order valence-electron chi connectivity index (χ1n) is 6.02. The van der Waals surface area contributed by atoms with Crippen molar-refractivity contribution in [2.45, 2.75) is 25.0 Å². The molecule has 20 heavy (non-hydrogen) atoms. The SMILES string of the molecule is O=C(O)[C@@H]1C[C@H](O)CN1C(=O)Cc1ccc(Cl)cc1Cl. The fourth-order valence-electron chi connectivity index (χ4n) is 2.25. The predicted molar refractivity (Wildman–Crippen MR) is 73.9 cm³/mol. The van der Waals surface area contributed by atoms with Crippen molar-refractivity contribution in [1.29, 1.82) is 0 Å². The lowest BCUT2D eigenvalue weighted by atomic mass is 10.1. The molecular weight excluding hydrogens is 305 g/mol. The topological polar surface area (TPSA) is 77.8 Å². The molecule has 1 amide bonds. The highest BCUT2D eigenvalue weighted by Crippen LogP contribution is 2.24. The summed E-state index contributed by atoms with van der Waals surface area (Å²) in [5.41, 5.74) is 0.576. The van der Waals surface area contributed by atoms with E-state index in [1.165, 1.54) is 11.0 Å². The van der Waals surface area contributed by atoms with Gasteiger partial charge in [-0.1, -0.05) is 29.3 Å². The minimum Gasteiger partial charge on any atom is -0.480 e. The maximum atomic E-state index is 12.2. The van der Waals surface area contributed by atoms with Crippen LogP contribution in [0.3, 0.4) is 0 Å². The van der Waals surface area contributed by atoms with Crippen LogP contribution in [0.2, 0.25) is 10.0 Å². The van der Waals surface area contributed by atoms with Crippen LogP contribution in [0.4, 0.5) is 0 Å². The number of carbonyl (C=O) groups excluding carboxylic acids is 1. The van der Waals surface area contributed by atoms with E-state index in [9.17, 15) is 14.7 Å². The van der Waals surface area contributed by atoms with Gasteiger partial charge in [-0.2, -0.15) is 0 Å². The maximum absolute atomic E-state index is 12.2. The Kier molecular flexibility index (Phi) is 4.52. The third kappa shape index (κ3) is 3.23. The van der Waals surface area contributed by atoms with E-state index in [0.29, 0.717) is 15.6 Å². The van der Waals surface area contributed by atoms with Gasteiger partial charge in [-0.3, -0.25) is 4.79 Å². The number of hydrogen-bond donors (Lipinski definition) is 2. The van der Waals surface area contributed by atoms with Gasteiger partial charge in [0.05, 0.1) is 12.5 Å². The summed E-state index contributed by atoms with van der Waals surface area (Å²) in [6.45, 7) is 0.0288. The zero-order valence-electron chi connectivity index (χ0n) is 10.4. The molecule has 0 unspecified atom stereocenters. The molecular formula is C13H13Cl2NO4. The fraction of sp³-hybridized carbons (Fsp3) is 0.385. The van der Waals surface area contributed by atoms with Crippen molar-refractivity contribution in [3.8, 4) is 0 Å². The fourth-order valence-corrected chi connectivity index (χ4v) is 2.73. The van der Waals surface area contributed by atoms with Crippen molar-refractivity contribution in [3.63, 3.8) is 0 Å². The summed E-state index contributed by atoms with van der Waals surface area (Å²) in [4.78, 5) is 24.4. The third-order valence-electron chi connectivity index (χ3n) is 3.24. The van der Waals surface area contributed by atoms with Crippen LogP contribution in [0.1, 0.15) is 12.0 Å². The number of aliphatic hydroxyl groups is 1. The molecule has 1 aliphatic rings. The molecule has 0 spiro atoms. The number of hydrogen-bond acceptors (Lipinski definition) is 3. The molecule has 1 aromatic rings. The second kappa shape index (κ2) is 5.99. The lowest BCUT2D eigenvalue weighted by Crippen LogP contribution is -2.41. The highest BCUT2D eigenvalue weighted by Gasteiger charge is 2.38. The highest BCUT2D eigenvalue weighted by atomic mass is 35.5.